The number of fused-ring (bicyclic) bond motifs is 2. The van der Waals surface area contributed by atoms with Gasteiger partial charge in [0, 0.05) is 21.7 Å². The smallest absolute Gasteiger partial charge is 0.335 e. The second kappa shape index (κ2) is 7.65. The number of hydrogen-bond acceptors (Lipinski definition) is 6. The van der Waals surface area contributed by atoms with Gasteiger partial charge in [0.15, 0.2) is 5.88 Å². The Kier molecular flexibility index (Phi) is 4.64. The largest absolute Gasteiger partial charge is 0.494 e. The molecule has 1 aliphatic rings. The van der Waals surface area contributed by atoms with Gasteiger partial charge in [0.05, 0.1) is 16.5 Å². The van der Waals surface area contributed by atoms with Gasteiger partial charge in [-0.1, -0.05) is 0 Å². The molecule has 1 amide bonds. The number of benzene rings is 2. The first-order chi connectivity index (χ1) is 15.9. The zero-order valence-electron chi connectivity index (χ0n) is 16.7. The molecule has 9 nitrogen and oxygen atoms in total. The number of H-pyrrole nitrogens is 1. The molecule has 0 spiro atoms. The third-order valence-electron chi connectivity index (χ3n) is 5.18. The van der Waals surface area contributed by atoms with Crippen LogP contribution in [-0.2, 0) is 9.59 Å². The summed E-state index contributed by atoms with van der Waals surface area (Å²) < 4.78 is 10.7. The Labute approximate surface area is 183 Å². The fraction of sp³-hybridized carbons (Fsp3) is 0. The highest BCUT2D eigenvalue weighted by molar-refractivity contribution is 6.25. The number of carboxylic acids is 1. The van der Waals surface area contributed by atoms with Crippen molar-refractivity contribution in [2.24, 2.45) is 4.99 Å². The average Bonchev–Trinajstić information content (AvgIpc) is 3.45. The van der Waals surface area contributed by atoms with Crippen molar-refractivity contribution >= 4 is 47.0 Å². The third kappa shape index (κ3) is 3.57. The van der Waals surface area contributed by atoms with Crippen LogP contribution >= 0.6 is 0 Å². The zero-order valence-corrected chi connectivity index (χ0v) is 16.7. The molecule has 0 atom stereocenters. The van der Waals surface area contributed by atoms with Crippen molar-refractivity contribution in [2.45, 2.75) is 0 Å². The van der Waals surface area contributed by atoms with Gasteiger partial charge < -0.3 is 24.4 Å². The van der Waals surface area contributed by atoms with Crippen LogP contribution in [0.25, 0.3) is 28.6 Å². The first-order valence-corrected chi connectivity index (χ1v) is 9.68. The second-order valence-corrected chi connectivity index (χ2v) is 7.21. The Morgan fingerprint density at radius 3 is 2.61 bits per heavy atom. The molecule has 0 radical (unpaired) electrons. The molecule has 4 aromatic rings. The highest BCUT2D eigenvalue weighted by atomic mass is 16.5. The predicted molar refractivity (Wildman–Crippen MR) is 115 cm³/mol. The van der Waals surface area contributed by atoms with Gasteiger partial charge in [-0.3, -0.25) is 9.59 Å². The van der Waals surface area contributed by atoms with Crippen LogP contribution in [0.3, 0.4) is 0 Å². The molecule has 5 rings (SSSR count). The fourth-order valence-electron chi connectivity index (χ4n) is 3.67. The summed E-state index contributed by atoms with van der Waals surface area (Å²) in [5.74, 6) is -1.37. The van der Waals surface area contributed by atoms with Crippen LogP contribution in [0.5, 0.6) is 11.6 Å². The number of carbonyl (C=O) groups excluding carboxylic acids is 2. The summed E-state index contributed by atoms with van der Waals surface area (Å²) >= 11 is 0. The Hall–Kier alpha value is -4.92. The molecule has 162 valence electrons. The number of carbonyl (C=O) groups is 3. The van der Waals surface area contributed by atoms with Crippen molar-refractivity contribution in [3.8, 4) is 11.6 Å². The monoisotopic (exact) mass is 442 g/mol. The summed E-state index contributed by atoms with van der Waals surface area (Å²) in [4.78, 5) is 41.0. The normalized spacial score (nSPS) is 13.9. The third-order valence-corrected chi connectivity index (χ3v) is 5.18. The number of rotatable bonds is 5. The lowest BCUT2D eigenvalue weighted by Crippen LogP contribution is -2.24. The van der Waals surface area contributed by atoms with Gasteiger partial charge in [-0.25, -0.2) is 9.79 Å². The van der Waals surface area contributed by atoms with Gasteiger partial charge in [-0.2, -0.15) is 0 Å². The molecule has 0 aliphatic carbocycles. The molecule has 2 aromatic heterocycles. The van der Waals surface area contributed by atoms with Crippen LogP contribution in [0.4, 0.5) is 0 Å². The second-order valence-electron chi connectivity index (χ2n) is 7.21. The highest BCUT2D eigenvalue weighted by Crippen LogP contribution is 2.30. The van der Waals surface area contributed by atoms with E-state index in [-0.39, 0.29) is 17.0 Å². The summed E-state index contributed by atoms with van der Waals surface area (Å²) in [6, 6.07) is 12.4. The van der Waals surface area contributed by atoms with E-state index in [4.69, 9.17) is 9.15 Å². The van der Waals surface area contributed by atoms with E-state index in [1.807, 2.05) is 0 Å². The van der Waals surface area contributed by atoms with Crippen molar-refractivity contribution in [1.82, 2.24) is 4.98 Å². The van der Waals surface area contributed by atoms with Crippen LogP contribution < -0.4 is 26.1 Å². The lowest BCUT2D eigenvalue weighted by atomic mass is 10.1. The molecule has 1 aliphatic heterocycles. The molecule has 3 heterocycles. The average molecular weight is 442 g/mol. The number of aromatic amines is 1. The standard InChI is InChI=1S/C24H14N2O7/c27-11-32-13-4-6-21-17(8-13)19(23(29)26-21)10-15-3-2-14(33-15)9-18-16-7-12(24(30)31)1-5-20(16)25-22(18)28/h1-11,26,29H,(H,30,31). The molecule has 0 bridgehead atoms. The van der Waals surface area contributed by atoms with E-state index in [0.29, 0.717) is 50.1 Å². The summed E-state index contributed by atoms with van der Waals surface area (Å²) in [5, 5.41) is 21.0. The van der Waals surface area contributed by atoms with Gasteiger partial charge in [-0.05, 0) is 60.7 Å². The van der Waals surface area contributed by atoms with Crippen LogP contribution in [0.2, 0.25) is 0 Å². The molecule has 0 saturated heterocycles. The summed E-state index contributed by atoms with van der Waals surface area (Å²) in [6.07, 6.45) is 3.09. The van der Waals surface area contributed by atoms with Gasteiger partial charge in [0.25, 0.3) is 12.4 Å². The molecule has 9 heteroatoms. The van der Waals surface area contributed by atoms with Crippen LogP contribution in [-0.4, -0.2) is 33.5 Å². The Morgan fingerprint density at radius 2 is 1.85 bits per heavy atom. The number of nitrogens with zero attached hydrogens (tertiary/aromatic N) is 1. The van der Waals surface area contributed by atoms with E-state index in [0.717, 1.165) is 0 Å². The summed E-state index contributed by atoms with van der Waals surface area (Å²) in [7, 11) is 0. The van der Waals surface area contributed by atoms with Crippen molar-refractivity contribution in [2.75, 3.05) is 0 Å². The highest BCUT2D eigenvalue weighted by Gasteiger charge is 2.16. The van der Waals surface area contributed by atoms with Crippen molar-refractivity contribution < 1.29 is 33.8 Å². The van der Waals surface area contributed by atoms with Gasteiger partial charge in [0.2, 0.25) is 0 Å². The summed E-state index contributed by atoms with van der Waals surface area (Å²) in [6.45, 7) is 0.317. The molecule has 0 unspecified atom stereocenters. The molecule has 3 N–H and O–H groups in total. The zero-order chi connectivity index (χ0) is 23.1. The van der Waals surface area contributed by atoms with E-state index >= 15 is 0 Å². The lowest BCUT2D eigenvalue weighted by Gasteiger charge is -1.97. The topological polar surface area (TPSA) is 142 Å². The summed E-state index contributed by atoms with van der Waals surface area (Å²) in [5.41, 5.74) is 2.07. The number of aromatic hydroxyl groups is 1. The Bertz CT molecular complexity index is 1720. The number of nitrogens with one attached hydrogen (secondary N) is 1. The molecule has 33 heavy (non-hydrogen) atoms. The van der Waals surface area contributed by atoms with Gasteiger partial charge >= 0.3 is 5.97 Å². The number of amides is 1. The van der Waals surface area contributed by atoms with Crippen molar-refractivity contribution in [3.63, 3.8) is 0 Å². The number of aromatic nitrogens is 1. The van der Waals surface area contributed by atoms with Gasteiger partial charge in [0.1, 0.15) is 16.6 Å². The molecular weight excluding hydrogens is 428 g/mol. The van der Waals surface area contributed by atoms with Crippen molar-refractivity contribution in [1.29, 1.82) is 0 Å². The first kappa shape index (κ1) is 20.0. The number of hydrogen-bond donors (Lipinski definition) is 3. The molecule has 0 fully saturated rings. The van der Waals surface area contributed by atoms with Crippen LogP contribution in [0.1, 0.15) is 15.9 Å². The van der Waals surface area contributed by atoms with Crippen molar-refractivity contribution in [3.05, 3.63) is 81.1 Å². The lowest BCUT2D eigenvalue weighted by molar-refractivity contribution is -0.120. The number of ether oxygens (including phenoxy) is 1. The Morgan fingerprint density at radius 1 is 1.06 bits per heavy atom. The molecule has 0 saturated carbocycles. The SMILES string of the molecule is O=COc1ccc2[nH]c(O)c(C=c3ccc(=CC4=c5cc(C(=O)O)ccc5=NC4=O)o3)c2c1. The fourth-order valence-corrected chi connectivity index (χ4v) is 3.67. The minimum atomic E-state index is -1.10. The molecular formula is C24H14N2O7. The quantitative estimate of drug-likeness (QED) is 0.378. The number of furan rings is 1. The van der Waals surface area contributed by atoms with E-state index < -0.39 is 11.9 Å². The van der Waals surface area contributed by atoms with Crippen LogP contribution in [0.15, 0.2) is 57.9 Å². The number of aromatic carboxylic acids is 1. The predicted octanol–water partition coefficient (Wildman–Crippen LogP) is 0.320. The maximum absolute atomic E-state index is 12.4. The van der Waals surface area contributed by atoms with Gasteiger partial charge in [-0.15, -0.1) is 0 Å². The minimum absolute atomic E-state index is 0.0470. The van der Waals surface area contributed by atoms with E-state index in [1.54, 1.807) is 36.4 Å². The maximum Gasteiger partial charge on any atom is 0.335 e. The number of carboxylic acid groups (broad SMARTS) is 1. The minimum Gasteiger partial charge on any atom is -0.494 e. The maximum atomic E-state index is 12.4. The van der Waals surface area contributed by atoms with E-state index in [9.17, 15) is 24.6 Å². The molecule has 2 aromatic carbocycles. The van der Waals surface area contributed by atoms with Crippen LogP contribution in [0, 0.1) is 0 Å². The first-order valence-electron chi connectivity index (χ1n) is 9.68. The van der Waals surface area contributed by atoms with E-state index in [1.165, 1.54) is 24.3 Å². The Balaban J connectivity index is 1.62. The van der Waals surface area contributed by atoms with E-state index in [2.05, 4.69) is 9.98 Å².